The van der Waals surface area contributed by atoms with Gasteiger partial charge in [0.25, 0.3) is 5.91 Å². The van der Waals surface area contributed by atoms with Crippen molar-refractivity contribution in [3.8, 4) is 0 Å². The summed E-state index contributed by atoms with van der Waals surface area (Å²) in [6.45, 7) is 0.880. The molecule has 0 spiro atoms. The second-order valence-electron chi connectivity index (χ2n) is 4.22. The predicted octanol–water partition coefficient (Wildman–Crippen LogP) is -1.48. The van der Waals surface area contributed by atoms with Crippen LogP contribution in [0.2, 0.25) is 0 Å². The fraction of sp³-hybridized carbons (Fsp3) is 0.600. The van der Waals surface area contributed by atoms with Crippen LogP contribution < -0.4 is 0 Å². The number of nitrogens with zero attached hydrogens (tertiary/aromatic N) is 3. The number of hydrogen-bond acceptors (Lipinski definition) is 5. The molecule has 2 rings (SSSR count). The highest BCUT2D eigenvalue weighted by molar-refractivity contribution is 6.36. The first-order valence-electron chi connectivity index (χ1n) is 5.48. The summed E-state index contributed by atoms with van der Waals surface area (Å²) >= 11 is 0. The van der Waals surface area contributed by atoms with E-state index in [1.165, 1.54) is 4.90 Å². The van der Waals surface area contributed by atoms with Gasteiger partial charge in [0.2, 0.25) is 12.0 Å². The molecule has 0 aliphatic carbocycles. The first-order valence-corrected chi connectivity index (χ1v) is 5.48. The van der Waals surface area contributed by atoms with E-state index in [2.05, 4.69) is 5.16 Å². The van der Waals surface area contributed by atoms with Crippen LogP contribution in [0.4, 0.5) is 0 Å². The largest absolute Gasteiger partial charge is 0.477 e. The molecule has 1 fully saturated rings. The third kappa shape index (κ3) is 2.27. The second-order valence-corrected chi connectivity index (χ2v) is 4.22. The minimum absolute atomic E-state index is 0.00238. The van der Waals surface area contributed by atoms with E-state index < -0.39 is 18.0 Å². The molecule has 2 aliphatic heterocycles. The molecule has 2 aliphatic rings. The van der Waals surface area contributed by atoms with Crippen molar-refractivity contribution in [3.05, 3.63) is 0 Å². The number of likely N-dealkylation sites (N-methyl/N-ethyl adjacent to an activating group) is 1. The number of carbonyl (C=O) groups excluding carboxylic acids is 2. The molecule has 8 heteroatoms. The van der Waals surface area contributed by atoms with E-state index in [0.29, 0.717) is 13.1 Å². The number of aliphatic carboxylic acids is 1. The van der Waals surface area contributed by atoms with Crippen LogP contribution in [0.15, 0.2) is 5.16 Å². The molecule has 1 N–H and O–H groups in total. The monoisotopic (exact) mass is 255 g/mol. The summed E-state index contributed by atoms with van der Waals surface area (Å²) < 4.78 is 0. The zero-order chi connectivity index (χ0) is 13.3. The van der Waals surface area contributed by atoms with Crippen LogP contribution in [0.3, 0.4) is 0 Å². The van der Waals surface area contributed by atoms with Gasteiger partial charge in [-0.05, 0) is 0 Å². The van der Waals surface area contributed by atoms with Crippen molar-refractivity contribution in [1.82, 2.24) is 9.80 Å². The van der Waals surface area contributed by atoms with Crippen molar-refractivity contribution >= 4 is 23.5 Å². The number of carbonyl (C=O) groups is 3. The molecule has 1 saturated heterocycles. The van der Waals surface area contributed by atoms with Crippen LogP contribution in [0.5, 0.6) is 0 Å². The highest BCUT2D eigenvalue weighted by Gasteiger charge is 2.36. The Morgan fingerprint density at radius 2 is 2.17 bits per heavy atom. The van der Waals surface area contributed by atoms with Crippen molar-refractivity contribution in [2.45, 2.75) is 12.5 Å². The lowest BCUT2D eigenvalue weighted by Gasteiger charge is -2.32. The van der Waals surface area contributed by atoms with E-state index in [1.807, 2.05) is 0 Å². The van der Waals surface area contributed by atoms with Gasteiger partial charge in [0.15, 0.2) is 5.71 Å². The summed E-state index contributed by atoms with van der Waals surface area (Å²) in [6, 6.07) is 0. The zero-order valence-corrected chi connectivity index (χ0v) is 9.83. The highest BCUT2D eigenvalue weighted by atomic mass is 16.6. The molecule has 0 radical (unpaired) electrons. The summed E-state index contributed by atoms with van der Waals surface area (Å²) in [4.78, 5) is 41.8. The van der Waals surface area contributed by atoms with Gasteiger partial charge in [-0.1, -0.05) is 5.16 Å². The molecule has 1 atom stereocenters. The molecular formula is C10H13N3O5. The fourth-order valence-corrected chi connectivity index (χ4v) is 1.79. The van der Waals surface area contributed by atoms with Gasteiger partial charge in [-0.25, -0.2) is 4.79 Å². The quantitative estimate of drug-likeness (QED) is 0.648. The van der Waals surface area contributed by atoms with Gasteiger partial charge in [0, 0.05) is 26.6 Å². The van der Waals surface area contributed by atoms with Gasteiger partial charge in [-0.15, -0.1) is 0 Å². The summed E-state index contributed by atoms with van der Waals surface area (Å²) in [5.41, 5.74) is -0.172. The zero-order valence-electron chi connectivity index (χ0n) is 9.83. The van der Waals surface area contributed by atoms with Crippen molar-refractivity contribution in [2.75, 3.05) is 26.7 Å². The van der Waals surface area contributed by atoms with Crippen LogP contribution in [0.1, 0.15) is 6.42 Å². The number of oxime groups is 1. The molecular weight excluding hydrogens is 242 g/mol. The standard InChI is InChI=1S/C10H13N3O5/c1-12-2-3-13(5-8(12)14)9(15)7-4-6(10(16)17)11-18-7/h7H,2-5H2,1H3,(H,16,17). The minimum atomic E-state index is -1.19. The Hall–Kier alpha value is -2.12. The molecule has 8 nitrogen and oxygen atoms in total. The Balaban J connectivity index is 1.94. The van der Waals surface area contributed by atoms with Gasteiger partial charge >= 0.3 is 5.97 Å². The number of carboxylic acids is 1. The molecule has 0 aromatic heterocycles. The van der Waals surface area contributed by atoms with Crippen LogP contribution in [0, 0.1) is 0 Å². The Bertz CT molecular complexity index is 433. The molecule has 2 heterocycles. The Morgan fingerprint density at radius 3 is 2.72 bits per heavy atom. The van der Waals surface area contributed by atoms with E-state index in [4.69, 9.17) is 9.94 Å². The van der Waals surface area contributed by atoms with E-state index in [1.54, 1.807) is 11.9 Å². The average Bonchev–Trinajstić information content (AvgIpc) is 2.81. The first-order chi connectivity index (χ1) is 8.49. The van der Waals surface area contributed by atoms with Gasteiger partial charge in [-0.2, -0.15) is 0 Å². The number of hydrogen-bond donors (Lipinski definition) is 1. The normalized spacial score (nSPS) is 23.7. The van der Waals surface area contributed by atoms with Crippen LogP contribution in [0.25, 0.3) is 0 Å². The van der Waals surface area contributed by atoms with E-state index in [-0.39, 0.29) is 24.6 Å². The van der Waals surface area contributed by atoms with Gasteiger partial charge in [0.1, 0.15) is 0 Å². The maximum atomic E-state index is 12.0. The highest BCUT2D eigenvalue weighted by Crippen LogP contribution is 2.15. The van der Waals surface area contributed by atoms with Crippen molar-refractivity contribution in [3.63, 3.8) is 0 Å². The Morgan fingerprint density at radius 1 is 1.44 bits per heavy atom. The summed E-state index contributed by atoms with van der Waals surface area (Å²) in [6.07, 6.45) is -0.985. The Kier molecular flexibility index (Phi) is 3.17. The third-order valence-corrected chi connectivity index (χ3v) is 2.96. The van der Waals surface area contributed by atoms with E-state index >= 15 is 0 Å². The number of carboxylic acid groups (broad SMARTS) is 1. The molecule has 0 aromatic carbocycles. The lowest BCUT2D eigenvalue weighted by atomic mass is 10.1. The van der Waals surface area contributed by atoms with Crippen molar-refractivity contribution in [2.24, 2.45) is 5.16 Å². The van der Waals surface area contributed by atoms with E-state index in [0.717, 1.165) is 0 Å². The maximum Gasteiger partial charge on any atom is 0.353 e. The van der Waals surface area contributed by atoms with Crippen LogP contribution >= 0.6 is 0 Å². The van der Waals surface area contributed by atoms with Gasteiger partial charge < -0.3 is 19.7 Å². The molecule has 18 heavy (non-hydrogen) atoms. The smallest absolute Gasteiger partial charge is 0.353 e. The molecule has 0 bridgehead atoms. The van der Waals surface area contributed by atoms with Crippen molar-refractivity contribution in [1.29, 1.82) is 0 Å². The second kappa shape index (κ2) is 4.63. The lowest BCUT2D eigenvalue weighted by molar-refractivity contribution is -0.150. The lowest BCUT2D eigenvalue weighted by Crippen LogP contribution is -2.53. The van der Waals surface area contributed by atoms with Gasteiger partial charge in [-0.3, -0.25) is 9.59 Å². The first kappa shape index (κ1) is 12.3. The summed E-state index contributed by atoms with van der Waals surface area (Å²) in [5.74, 6) is -1.73. The molecule has 98 valence electrons. The Labute approximate surface area is 103 Å². The third-order valence-electron chi connectivity index (χ3n) is 2.96. The predicted molar refractivity (Wildman–Crippen MR) is 58.8 cm³/mol. The molecule has 0 aromatic rings. The SMILES string of the molecule is CN1CCN(C(=O)C2CC(C(=O)O)=NO2)CC1=O. The van der Waals surface area contributed by atoms with Crippen LogP contribution in [-0.2, 0) is 19.2 Å². The van der Waals surface area contributed by atoms with Gasteiger partial charge in [0.05, 0.1) is 6.54 Å². The average molecular weight is 255 g/mol. The van der Waals surface area contributed by atoms with Crippen LogP contribution in [-0.4, -0.2) is 71.2 Å². The topological polar surface area (TPSA) is 99.5 Å². The number of piperazine rings is 1. The van der Waals surface area contributed by atoms with Crippen molar-refractivity contribution < 1.29 is 24.3 Å². The number of rotatable bonds is 2. The van der Waals surface area contributed by atoms with E-state index in [9.17, 15) is 14.4 Å². The molecule has 2 amide bonds. The minimum Gasteiger partial charge on any atom is -0.477 e. The molecule has 0 saturated carbocycles. The summed E-state index contributed by atoms with van der Waals surface area (Å²) in [5, 5.41) is 12.0. The molecule has 1 unspecified atom stereocenters. The fourth-order valence-electron chi connectivity index (χ4n) is 1.79. The maximum absolute atomic E-state index is 12.0. The summed E-state index contributed by atoms with van der Waals surface area (Å²) in [7, 11) is 1.67. The number of amides is 2.